The molecule has 1 heterocycles. The summed E-state index contributed by atoms with van der Waals surface area (Å²) in [5.74, 6) is -1.64. The Kier molecular flexibility index (Phi) is 6.29. The highest BCUT2D eigenvalue weighted by Crippen LogP contribution is 2.22. The first-order valence-corrected chi connectivity index (χ1v) is 10.1. The van der Waals surface area contributed by atoms with Crippen molar-refractivity contribution >= 4 is 33.3 Å². The minimum Gasteiger partial charge on any atom is -0.507 e. The fourth-order valence-corrected chi connectivity index (χ4v) is 4.64. The Morgan fingerprint density at radius 2 is 2.12 bits per heavy atom. The maximum absolute atomic E-state index is 12.4. The van der Waals surface area contributed by atoms with Crippen molar-refractivity contribution in [3.05, 3.63) is 28.8 Å². The molecule has 1 fully saturated rings. The maximum Gasteiger partial charge on any atom is 0.342 e. The molecule has 0 spiro atoms. The monoisotopic (exact) mass is 389 g/mol. The summed E-state index contributed by atoms with van der Waals surface area (Å²) in [7, 11) is -3.13. The van der Waals surface area contributed by atoms with E-state index in [9.17, 15) is 23.1 Å². The van der Waals surface area contributed by atoms with Crippen molar-refractivity contribution < 1.29 is 27.9 Å². The van der Waals surface area contributed by atoms with Gasteiger partial charge in [0.05, 0.1) is 11.5 Å². The van der Waals surface area contributed by atoms with Crippen LogP contribution in [0.15, 0.2) is 18.2 Å². The number of carbonyl (C=O) groups is 2. The van der Waals surface area contributed by atoms with Crippen LogP contribution < -0.4 is 0 Å². The van der Waals surface area contributed by atoms with Crippen molar-refractivity contribution in [3.63, 3.8) is 0 Å². The molecule has 1 atom stereocenters. The number of rotatable bonds is 6. The minimum atomic E-state index is -3.13. The number of benzene rings is 1. The smallest absolute Gasteiger partial charge is 0.342 e. The molecule has 7 nitrogen and oxygen atoms in total. The summed E-state index contributed by atoms with van der Waals surface area (Å²) in [5.41, 5.74) is -0.134. The van der Waals surface area contributed by atoms with Crippen molar-refractivity contribution in [2.45, 2.75) is 25.8 Å². The summed E-state index contributed by atoms with van der Waals surface area (Å²) in [6.45, 7) is 1.74. The topological polar surface area (TPSA) is 101 Å². The van der Waals surface area contributed by atoms with Crippen LogP contribution in [0.3, 0.4) is 0 Å². The number of esters is 1. The summed E-state index contributed by atoms with van der Waals surface area (Å²) < 4.78 is 28.2. The van der Waals surface area contributed by atoms with Gasteiger partial charge in [0.25, 0.3) is 5.91 Å². The Bertz CT molecular complexity index is 764. The summed E-state index contributed by atoms with van der Waals surface area (Å²) >= 11 is 5.78. The first kappa shape index (κ1) is 19.5. The molecule has 1 amide bonds. The van der Waals surface area contributed by atoms with Crippen LogP contribution in [0, 0.1) is 0 Å². The van der Waals surface area contributed by atoms with Crippen LogP contribution in [0.25, 0.3) is 0 Å². The first-order chi connectivity index (χ1) is 11.7. The third kappa shape index (κ3) is 5.09. The van der Waals surface area contributed by atoms with Gasteiger partial charge < -0.3 is 14.7 Å². The number of hydrogen-bond acceptors (Lipinski definition) is 6. The van der Waals surface area contributed by atoms with Gasteiger partial charge in [0, 0.05) is 17.6 Å². The number of sulfone groups is 1. The molecule has 1 aliphatic heterocycles. The summed E-state index contributed by atoms with van der Waals surface area (Å²) in [4.78, 5) is 25.9. The van der Waals surface area contributed by atoms with E-state index in [1.807, 2.05) is 6.92 Å². The number of phenols is 1. The zero-order chi connectivity index (χ0) is 18.6. The SMILES string of the molecule is CCCN(C(=O)COC(=O)c1cc(Cl)ccc1O)[C@H]1CCS(=O)(=O)C1. The fraction of sp³-hybridized carbons (Fsp3) is 0.500. The van der Waals surface area contributed by atoms with E-state index in [0.29, 0.717) is 19.4 Å². The summed E-state index contributed by atoms with van der Waals surface area (Å²) in [6.07, 6.45) is 1.04. The number of aromatic hydroxyl groups is 1. The standard InChI is InChI=1S/C16H20ClNO6S/c1-2-6-18(12-5-7-25(22,23)10-12)15(20)9-24-16(21)13-8-11(17)3-4-14(13)19/h3-4,8,12,19H,2,5-7,9-10H2,1H3/t12-/m0/s1. The van der Waals surface area contributed by atoms with E-state index in [0.717, 1.165) is 0 Å². The third-order valence-corrected chi connectivity index (χ3v) is 5.92. The molecule has 9 heteroatoms. The number of nitrogens with zero attached hydrogens (tertiary/aromatic N) is 1. The molecule has 0 aliphatic carbocycles. The molecule has 1 N–H and O–H groups in total. The highest BCUT2D eigenvalue weighted by atomic mass is 35.5. The molecule has 1 aromatic carbocycles. The molecular weight excluding hydrogens is 370 g/mol. The van der Waals surface area contributed by atoms with Crippen LogP contribution in [0.4, 0.5) is 0 Å². The molecule has 25 heavy (non-hydrogen) atoms. The van der Waals surface area contributed by atoms with E-state index >= 15 is 0 Å². The molecule has 0 saturated carbocycles. The van der Waals surface area contributed by atoms with Gasteiger partial charge in [-0.3, -0.25) is 4.79 Å². The Morgan fingerprint density at radius 1 is 1.40 bits per heavy atom. The quantitative estimate of drug-likeness (QED) is 0.742. The summed E-state index contributed by atoms with van der Waals surface area (Å²) in [6, 6.07) is 3.53. The first-order valence-electron chi connectivity index (χ1n) is 7.89. The average Bonchev–Trinajstić information content (AvgIpc) is 2.91. The van der Waals surface area contributed by atoms with E-state index in [-0.39, 0.29) is 27.8 Å². The lowest BCUT2D eigenvalue weighted by molar-refractivity contribution is -0.136. The second-order valence-electron chi connectivity index (χ2n) is 5.88. The number of hydrogen-bond donors (Lipinski definition) is 1. The van der Waals surface area contributed by atoms with Crippen LogP contribution in [0.5, 0.6) is 5.75 Å². The summed E-state index contributed by atoms with van der Waals surface area (Å²) in [5, 5.41) is 9.92. The van der Waals surface area contributed by atoms with Crippen LogP contribution in [-0.4, -0.2) is 61.0 Å². The molecule has 0 radical (unpaired) electrons. The molecule has 0 aromatic heterocycles. The van der Waals surface area contributed by atoms with Crippen LogP contribution in [-0.2, 0) is 19.4 Å². The van der Waals surface area contributed by atoms with Crippen LogP contribution in [0.2, 0.25) is 5.02 Å². The number of carbonyl (C=O) groups excluding carboxylic acids is 2. The zero-order valence-corrected chi connectivity index (χ0v) is 15.3. The lowest BCUT2D eigenvalue weighted by Crippen LogP contribution is -2.43. The number of amides is 1. The molecule has 138 valence electrons. The van der Waals surface area contributed by atoms with Gasteiger partial charge in [0.2, 0.25) is 0 Å². The van der Waals surface area contributed by atoms with E-state index in [1.54, 1.807) is 0 Å². The number of halogens is 1. The molecule has 1 saturated heterocycles. The molecule has 0 bridgehead atoms. The molecule has 1 aromatic rings. The van der Waals surface area contributed by atoms with E-state index in [4.69, 9.17) is 16.3 Å². The molecule has 0 unspecified atom stereocenters. The number of ether oxygens (including phenoxy) is 1. The van der Waals surface area contributed by atoms with Gasteiger partial charge in [0.1, 0.15) is 11.3 Å². The average molecular weight is 390 g/mol. The van der Waals surface area contributed by atoms with Crippen LogP contribution in [0.1, 0.15) is 30.1 Å². The van der Waals surface area contributed by atoms with Gasteiger partial charge >= 0.3 is 5.97 Å². The predicted molar refractivity (Wildman–Crippen MR) is 92.5 cm³/mol. The Morgan fingerprint density at radius 3 is 2.72 bits per heavy atom. The lowest BCUT2D eigenvalue weighted by atomic mass is 10.2. The van der Waals surface area contributed by atoms with Crippen LogP contribution >= 0.6 is 11.6 Å². The lowest BCUT2D eigenvalue weighted by Gasteiger charge is -2.27. The van der Waals surface area contributed by atoms with Crippen molar-refractivity contribution in [2.24, 2.45) is 0 Å². The molecule has 2 rings (SSSR count). The van der Waals surface area contributed by atoms with Gasteiger partial charge in [-0.25, -0.2) is 13.2 Å². The fourth-order valence-electron chi connectivity index (χ4n) is 2.73. The van der Waals surface area contributed by atoms with Gasteiger partial charge in [-0.1, -0.05) is 18.5 Å². The zero-order valence-electron chi connectivity index (χ0n) is 13.8. The van der Waals surface area contributed by atoms with Gasteiger partial charge in [-0.05, 0) is 31.0 Å². The maximum atomic E-state index is 12.4. The van der Waals surface area contributed by atoms with E-state index < -0.39 is 34.4 Å². The second kappa shape index (κ2) is 8.05. The highest BCUT2D eigenvalue weighted by molar-refractivity contribution is 7.91. The van der Waals surface area contributed by atoms with Crippen molar-refractivity contribution in [1.82, 2.24) is 4.90 Å². The van der Waals surface area contributed by atoms with Gasteiger partial charge in [-0.15, -0.1) is 0 Å². The molecular formula is C16H20ClNO6S. The van der Waals surface area contributed by atoms with Crippen molar-refractivity contribution in [2.75, 3.05) is 24.7 Å². The normalized spacial score (nSPS) is 18.7. The molecule has 1 aliphatic rings. The third-order valence-electron chi connectivity index (χ3n) is 3.94. The van der Waals surface area contributed by atoms with E-state index in [2.05, 4.69) is 0 Å². The Balaban J connectivity index is 2.01. The highest BCUT2D eigenvalue weighted by Gasteiger charge is 2.34. The predicted octanol–water partition coefficient (Wildman–Crippen LogP) is 1.63. The van der Waals surface area contributed by atoms with Gasteiger partial charge in [-0.2, -0.15) is 0 Å². The Labute approximate surface area is 151 Å². The van der Waals surface area contributed by atoms with Crippen molar-refractivity contribution in [3.8, 4) is 5.75 Å². The van der Waals surface area contributed by atoms with Gasteiger partial charge in [0.15, 0.2) is 16.4 Å². The van der Waals surface area contributed by atoms with Crippen molar-refractivity contribution in [1.29, 1.82) is 0 Å². The Hall–Kier alpha value is -1.80. The van der Waals surface area contributed by atoms with E-state index in [1.165, 1.54) is 23.1 Å². The largest absolute Gasteiger partial charge is 0.507 e. The minimum absolute atomic E-state index is 0.0569. The number of phenolic OH excluding ortho intramolecular Hbond substituents is 1. The second-order valence-corrected chi connectivity index (χ2v) is 8.55.